The Kier molecular flexibility index (Phi) is 6.26. The smallest absolute Gasteiger partial charge is 0.255 e. The summed E-state index contributed by atoms with van der Waals surface area (Å²) in [7, 11) is 0. The molecule has 4 nitrogen and oxygen atoms in total. The Hall–Kier alpha value is -3.19. The van der Waals surface area contributed by atoms with E-state index in [2.05, 4.69) is 26.1 Å². The van der Waals surface area contributed by atoms with Gasteiger partial charge in [0, 0.05) is 22.9 Å². The van der Waals surface area contributed by atoms with E-state index in [1.54, 1.807) is 36.4 Å². The molecule has 1 saturated heterocycles. The van der Waals surface area contributed by atoms with Gasteiger partial charge in [-0.1, -0.05) is 51.1 Å². The van der Waals surface area contributed by atoms with Crippen LogP contribution in [-0.2, 0) is 10.2 Å². The van der Waals surface area contributed by atoms with Gasteiger partial charge in [-0.25, -0.2) is 8.78 Å². The normalized spacial score (nSPS) is 16.2. The molecule has 0 spiro atoms. The molecule has 0 aromatic heterocycles. The molecule has 0 aliphatic carbocycles. The maximum absolute atomic E-state index is 14.5. The standard InChI is InChI=1S/C26H24F2N2O2S/c1-26(2,3)17-10-8-16(9-11-17)24(32)29-21-7-5-4-6-19(21)25-30(23(31)15-33-25)22-13-12-18(27)14-20(22)28/h4-14,25H,15H2,1-3H3,(H,29,32)/t25-/m0/s1. The molecule has 0 saturated carbocycles. The summed E-state index contributed by atoms with van der Waals surface area (Å²) < 4.78 is 27.9. The third-order valence-corrected chi connectivity index (χ3v) is 6.72. The summed E-state index contributed by atoms with van der Waals surface area (Å²) in [5, 5.41) is 2.37. The molecule has 1 aliphatic rings. The van der Waals surface area contributed by atoms with Crippen molar-refractivity contribution in [3.8, 4) is 0 Å². The van der Waals surface area contributed by atoms with E-state index in [1.165, 1.54) is 22.7 Å². The molecule has 1 N–H and O–H groups in total. The molecule has 170 valence electrons. The van der Waals surface area contributed by atoms with Gasteiger partial charge in [-0.15, -0.1) is 11.8 Å². The molecule has 1 fully saturated rings. The van der Waals surface area contributed by atoms with Crippen LogP contribution in [0.5, 0.6) is 0 Å². The quantitative estimate of drug-likeness (QED) is 0.491. The number of amides is 2. The number of carbonyl (C=O) groups is 2. The Morgan fingerprint density at radius 3 is 2.39 bits per heavy atom. The highest BCUT2D eigenvalue weighted by Crippen LogP contribution is 2.45. The van der Waals surface area contributed by atoms with Crippen LogP contribution >= 0.6 is 11.8 Å². The topological polar surface area (TPSA) is 49.4 Å². The zero-order chi connectivity index (χ0) is 23.8. The van der Waals surface area contributed by atoms with Crippen molar-refractivity contribution >= 4 is 35.0 Å². The van der Waals surface area contributed by atoms with Crippen LogP contribution in [0.2, 0.25) is 0 Å². The van der Waals surface area contributed by atoms with Crippen LogP contribution in [0.25, 0.3) is 0 Å². The second kappa shape index (κ2) is 8.98. The van der Waals surface area contributed by atoms with Gasteiger partial charge in [0.2, 0.25) is 5.91 Å². The molecule has 4 rings (SSSR count). The van der Waals surface area contributed by atoms with E-state index in [-0.39, 0.29) is 28.7 Å². The fourth-order valence-corrected chi connectivity index (χ4v) is 4.94. The van der Waals surface area contributed by atoms with Crippen molar-refractivity contribution in [2.75, 3.05) is 16.0 Å². The minimum atomic E-state index is -0.809. The molecular weight excluding hydrogens is 442 g/mol. The molecule has 0 bridgehead atoms. The zero-order valence-electron chi connectivity index (χ0n) is 18.6. The Morgan fingerprint density at radius 2 is 1.73 bits per heavy atom. The van der Waals surface area contributed by atoms with Crippen LogP contribution in [0.4, 0.5) is 20.2 Å². The van der Waals surface area contributed by atoms with Crippen molar-refractivity contribution in [1.82, 2.24) is 0 Å². The van der Waals surface area contributed by atoms with Gasteiger partial charge in [0.1, 0.15) is 17.0 Å². The average Bonchev–Trinajstić information content (AvgIpc) is 3.14. The SMILES string of the molecule is CC(C)(C)c1ccc(C(=O)Nc2ccccc2[C@@H]2SCC(=O)N2c2ccc(F)cc2F)cc1. The lowest BCUT2D eigenvalue weighted by Gasteiger charge is -2.26. The molecule has 0 unspecified atom stereocenters. The van der Waals surface area contributed by atoms with E-state index in [1.807, 2.05) is 12.1 Å². The van der Waals surface area contributed by atoms with Crippen LogP contribution in [0.15, 0.2) is 66.7 Å². The lowest BCUT2D eigenvalue weighted by atomic mass is 9.86. The molecular formula is C26H24F2N2O2S. The van der Waals surface area contributed by atoms with Crippen LogP contribution in [-0.4, -0.2) is 17.6 Å². The number of hydrogen-bond donors (Lipinski definition) is 1. The van der Waals surface area contributed by atoms with Gasteiger partial charge in [-0.05, 0) is 41.3 Å². The van der Waals surface area contributed by atoms with Crippen LogP contribution in [0.3, 0.4) is 0 Å². The summed E-state index contributed by atoms with van der Waals surface area (Å²) in [5.41, 5.74) is 2.81. The minimum absolute atomic E-state index is 0.00954. The van der Waals surface area contributed by atoms with Gasteiger partial charge in [-0.2, -0.15) is 0 Å². The summed E-state index contributed by atoms with van der Waals surface area (Å²) in [6.45, 7) is 6.32. The molecule has 2 amide bonds. The lowest BCUT2D eigenvalue weighted by molar-refractivity contribution is -0.115. The first-order valence-corrected chi connectivity index (χ1v) is 11.6. The molecule has 7 heteroatoms. The van der Waals surface area contributed by atoms with Gasteiger partial charge < -0.3 is 5.32 Å². The summed E-state index contributed by atoms with van der Waals surface area (Å²) >= 11 is 1.33. The molecule has 0 radical (unpaired) electrons. The number of carbonyl (C=O) groups excluding carboxylic acids is 2. The van der Waals surface area contributed by atoms with Crippen molar-refractivity contribution in [3.63, 3.8) is 0 Å². The van der Waals surface area contributed by atoms with Crippen molar-refractivity contribution in [1.29, 1.82) is 0 Å². The molecule has 1 heterocycles. The van der Waals surface area contributed by atoms with Gasteiger partial charge in [0.15, 0.2) is 0 Å². The molecule has 1 aliphatic heterocycles. The predicted molar refractivity (Wildman–Crippen MR) is 129 cm³/mol. The Morgan fingerprint density at radius 1 is 1.03 bits per heavy atom. The maximum atomic E-state index is 14.5. The van der Waals surface area contributed by atoms with E-state index in [0.717, 1.165) is 17.7 Å². The number of para-hydroxylation sites is 1. The fourth-order valence-electron chi connectivity index (χ4n) is 3.73. The second-order valence-electron chi connectivity index (χ2n) is 8.89. The van der Waals surface area contributed by atoms with Crippen molar-refractivity contribution < 1.29 is 18.4 Å². The Bertz CT molecular complexity index is 1210. The van der Waals surface area contributed by atoms with E-state index >= 15 is 0 Å². The van der Waals surface area contributed by atoms with Gasteiger partial charge in [0.05, 0.1) is 11.4 Å². The zero-order valence-corrected chi connectivity index (χ0v) is 19.4. The van der Waals surface area contributed by atoms with Crippen molar-refractivity contribution in [2.24, 2.45) is 0 Å². The average molecular weight is 467 g/mol. The number of anilines is 2. The number of benzene rings is 3. The fraction of sp³-hybridized carbons (Fsp3) is 0.231. The first-order chi connectivity index (χ1) is 15.6. The number of hydrogen-bond acceptors (Lipinski definition) is 3. The van der Waals surface area contributed by atoms with E-state index in [4.69, 9.17) is 0 Å². The summed E-state index contributed by atoms with van der Waals surface area (Å²) in [6, 6.07) is 17.7. The molecule has 3 aromatic rings. The number of nitrogens with zero attached hydrogens (tertiary/aromatic N) is 1. The third-order valence-electron chi connectivity index (χ3n) is 5.53. The number of nitrogens with one attached hydrogen (secondary N) is 1. The molecule has 3 aromatic carbocycles. The monoisotopic (exact) mass is 466 g/mol. The highest BCUT2D eigenvalue weighted by molar-refractivity contribution is 8.00. The number of rotatable bonds is 4. The highest BCUT2D eigenvalue weighted by Gasteiger charge is 2.37. The predicted octanol–water partition coefficient (Wildman–Crippen LogP) is 6.29. The van der Waals surface area contributed by atoms with Crippen molar-refractivity contribution in [2.45, 2.75) is 31.6 Å². The summed E-state index contributed by atoms with van der Waals surface area (Å²) in [5.74, 6) is -1.93. The summed E-state index contributed by atoms with van der Waals surface area (Å²) in [6.07, 6.45) is 0. The first kappa shape index (κ1) is 23.0. The van der Waals surface area contributed by atoms with Gasteiger partial charge in [-0.3, -0.25) is 14.5 Å². The second-order valence-corrected chi connectivity index (χ2v) is 9.96. The van der Waals surface area contributed by atoms with Gasteiger partial charge in [0.25, 0.3) is 5.91 Å². The highest BCUT2D eigenvalue weighted by atomic mass is 32.2. The van der Waals surface area contributed by atoms with Crippen LogP contribution in [0, 0.1) is 11.6 Å². The van der Waals surface area contributed by atoms with Crippen LogP contribution < -0.4 is 10.2 Å². The lowest BCUT2D eigenvalue weighted by Crippen LogP contribution is -2.29. The molecule has 33 heavy (non-hydrogen) atoms. The first-order valence-electron chi connectivity index (χ1n) is 10.5. The Labute approximate surface area is 196 Å². The van der Waals surface area contributed by atoms with E-state index < -0.39 is 17.0 Å². The summed E-state index contributed by atoms with van der Waals surface area (Å²) in [4.78, 5) is 26.9. The van der Waals surface area contributed by atoms with E-state index in [9.17, 15) is 18.4 Å². The van der Waals surface area contributed by atoms with Crippen LogP contribution in [0.1, 0.15) is 47.6 Å². The van der Waals surface area contributed by atoms with Gasteiger partial charge >= 0.3 is 0 Å². The third kappa shape index (κ3) is 4.78. The Balaban J connectivity index is 1.63. The largest absolute Gasteiger partial charge is 0.322 e. The number of halogens is 2. The number of thioether (sulfide) groups is 1. The van der Waals surface area contributed by atoms with Crippen molar-refractivity contribution in [3.05, 3.63) is 95.1 Å². The molecule has 1 atom stereocenters. The minimum Gasteiger partial charge on any atom is -0.322 e. The van der Waals surface area contributed by atoms with E-state index in [0.29, 0.717) is 16.8 Å². The maximum Gasteiger partial charge on any atom is 0.255 e.